The normalized spacial score (nSPS) is 14.2. The lowest BCUT2D eigenvalue weighted by atomic mass is 10.2. The first-order valence-corrected chi connectivity index (χ1v) is 7.98. The van der Waals surface area contributed by atoms with Crippen LogP contribution in [0.4, 0.5) is 5.82 Å². The molecule has 0 spiro atoms. The zero-order valence-electron chi connectivity index (χ0n) is 13.6. The van der Waals surface area contributed by atoms with E-state index in [9.17, 15) is 9.59 Å². The second-order valence-corrected chi connectivity index (χ2v) is 5.41. The Morgan fingerprint density at radius 2 is 2.08 bits per heavy atom. The van der Waals surface area contributed by atoms with Gasteiger partial charge in [-0.05, 0) is 24.3 Å². The average Bonchev–Trinajstić information content (AvgIpc) is 3.19. The summed E-state index contributed by atoms with van der Waals surface area (Å²) in [6, 6.07) is 6.78. The van der Waals surface area contributed by atoms with E-state index in [1.807, 2.05) is 4.90 Å². The van der Waals surface area contributed by atoms with Gasteiger partial charge in [-0.3, -0.25) is 4.79 Å². The number of ether oxygens (including phenoxy) is 2. The molecule has 0 bridgehead atoms. The number of hydrogen-bond donors (Lipinski definition) is 1. The lowest BCUT2D eigenvalue weighted by Gasteiger charge is -2.28. The molecule has 2 aromatic heterocycles. The van der Waals surface area contributed by atoms with Crippen LogP contribution in [0, 0.1) is 0 Å². The van der Waals surface area contributed by atoms with Crippen LogP contribution in [-0.4, -0.2) is 49.8 Å². The molecule has 8 nitrogen and oxygen atoms in total. The predicted octanol–water partition coefficient (Wildman–Crippen LogP) is 0.984. The molecule has 25 heavy (non-hydrogen) atoms. The van der Waals surface area contributed by atoms with Crippen LogP contribution in [0.15, 0.2) is 41.1 Å². The number of rotatable bonds is 6. The van der Waals surface area contributed by atoms with Crippen molar-refractivity contribution in [3.63, 3.8) is 0 Å². The Morgan fingerprint density at radius 1 is 1.24 bits per heavy atom. The summed E-state index contributed by atoms with van der Waals surface area (Å²) in [6.07, 6.45) is 3.15. The van der Waals surface area contributed by atoms with Crippen LogP contribution in [0.3, 0.4) is 0 Å². The molecule has 0 aliphatic carbocycles. The number of carbonyl (C=O) groups excluding carboxylic acids is 2. The Balaban J connectivity index is 1.55. The molecule has 2 aromatic rings. The van der Waals surface area contributed by atoms with E-state index in [1.54, 1.807) is 30.5 Å². The van der Waals surface area contributed by atoms with Crippen LogP contribution < -0.4 is 10.2 Å². The van der Waals surface area contributed by atoms with Crippen molar-refractivity contribution >= 4 is 17.7 Å². The van der Waals surface area contributed by atoms with Crippen LogP contribution in [0.1, 0.15) is 16.1 Å². The number of carbonyl (C=O) groups is 2. The molecular formula is C17H19N3O5. The summed E-state index contributed by atoms with van der Waals surface area (Å²) in [5, 5.41) is 2.62. The summed E-state index contributed by atoms with van der Waals surface area (Å²) in [7, 11) is 0. The molecule has 1 aliphatic rings. The van der Waals surface area contributed by atoms with E-state index < -0.39 is 11.9 Å². The van der Waals surface area contributed by atoms with Gasteiger partial charge in [0.2, 0.25) is 0 Å². The number of pyridine rings is 1. The summed E-state index contributed by atoms with van der Waals surface area (Å²) >= 11 is 0. The quantitative estimate of drug-likeness (QED) is 0.780. The number of hydrogen-bond acceptors (Lipinski definition) is 7. The summed E-state index contributed by atoms with van der Waals surface area (Å²) in [5.41, 5.74) is 0.336. The van der Waals surface area contributed by atoms with E-state index in [0.29, 0.717) is 43.4 Å². The number of furan rings is 1. The minimum Gasteiger partial charge on any atom is -0.467 e. The summed E-state index contributed by atoms with van der Waals surface area (Å²) in [4.78, 5) is 30.4. The zero-order valence-corrected chi connectivity index (χ0v) is 13.6. The van der Waals surface area contributed by atoms with Gasteiger partial charge in [0.05, 0.1) is 26.0 Å². The van der Waals surface area contributed by atoms with Gasteiger partial charge in [-0.1, -0.05) is 0 Å². The van der Waals surface area contributed by atoms with Crippen molar-refractivity contribution in [2.24, 2.45) is 0 Å². The molecule has 1 aliphatic heterocycles. The first-order chi connectivity index (χ1) is 12.2. The van der Waals surface area contributed by atoms with Crippen molar-refractivity contribution in [1.29, 1.82) is 0 Å². The molecule has 0 unspecified atom stereocenters. The average molecular weight is 345 g/mol. The summed E-state index contributed by atoms with van der Waals surface area (Å²) < 4.78 is 15.5. The third kappa shape index (κ3) is 4.57. The fourth-order valence-electron chi connectivity index (χ4n) is 2.44. The van der Waals surface area contributed by atoms with E-state index in [1.165, 1.54) is 6.26 Å². The Labute approximate surface area is 144 Å². The van der Waals surface area contributed by atoms with Crippen molar-refractivity contribution < 1.29 is 23.5 Å². The maximum absolute atomic E-state index is 12.3. The SMILES string of the molecule is O=C(COC(=O)c1cccnc1N1CCOCC1)NCc1ccco1. The fraction of sp³-hybridized carbons (Fsp3) is 0.353. The largest absolute Gasteiger partial charge is 0.467 e. The molecule has 0 atom stereocenters. The van der Waals surface area contributed by atoms with Crippen molar-refractivity contribution in [1.82, 2.24) is 10.3 Å². The van der Waals surface area contributed by atoms with Gasteiger partial charge < -0.3 is 24.1 Å². The second kappa shape index (κ2) is 8.29. The minimum atomic E-state index is -0.581. The molecule has 0 aromatic carbocycles. The number of aromatic nitrogens is 1. The van der Waals surface area contributed by atoms with Gasteiger partial charge in [-0.2, -0.15) is 0 Å². The molecule has 0 radical (unpaired) electrons. The highest BCUT2D eigenvalue weighted by Gasteiger charge is 2.21. The van der Waals surface area contributed by atoms with Crippen molar-refractivity contribution in [2.75, 3.05) is 37.8 Å². The van der Waals surface area contributed by atoms with Gasteiger partial charge in [-0.15, -0.1) is 0 Å². The molecule has 1 N–H and O–H groups in total. The fourth-order valence-corrected chi connectivity index (χ4v) is 2.44. The Hall–Kier alpha value is -2.87. The number of amides is 1. The van der Waals surface area contributed by atoms with Crippen LogP contribution in [-0.2, 0) is 20.8 Å². The highest BCUT2D eigenvalue weighted by Crippen LogP contribution is 2.19. The third-order valence-corrected chi connectivity index (χ3v) is 3.69. The second-order valence-electron chi connectivity index (χ2n) is 5.41. The number of anilines is 1. The van der Waals surface area contributed by atoms with E-state index in [4.69, 9.17) is 13.9 Å². The Bertz CT molecular complexity index is 711. The maximum atomic E-state index is 12.3. The first kappa shape index (κ1) is 17.0. The summed E-state index contributed by atoms with van der Waals surface area (Å²) in [5.74, 6) is 0.192. The number of esters is 1. The van der Waals surface area contributed by atoms with E-state index in [-0.39, 0.29) is 13.2 Å². The molecule has 3 rings (SSSR count). The minimum absolute atomic E-state index is 0.245. The topological polar surface area (TPSA) is 93.9 Å². The molecule has 0 saturated carbocycles. The maximum Gasteiger partial charge on any atom is 0.342 e. The molecule has 3 heterocycles. The van der Waals surface area contributed by atoms with E-state index >= 15 is 0 Å². The molecule has 132 valence electrons. The molecule has 8 heteroatoms. The van der Waals surface area contributed by atoms with Gasteiger partial charge in [0.15, 0.2) is 6.61 Å². The number of morpholine rings is 1. The Morgan fingerprint density at radius 3 is 2.84 bits per heavy atom. The number of nitrogens with zero attached hydrogens (tertiary/aromatic N) is 2. The summed E-state index contributed by atoms with van der Waals surface area (Å²) in [6.45, 7) is 2.36. The van der Waals surface area contributed by atoms with Crippen LogP contribution in [0.25, 0.3) is 0 Å². The van der Waals surface area contributed by atoms with Crippen molar-refractivity contribution in [3.8, 4) is 0 Å². The number of nitrogens with one attached hydrogen (secondary N) is 1. The van der Waals surface area contributed by atoms with Gasteiger partial charge in [0, 0.05) is 19.3 Å². The van der Waals surface area contributed by atoms with Crippen molar-refractivity contribution in [2.45, 2.75) is 6.54 Å². The molecular weight excluding hydrogens is 326 g/mol. The first-order valence-electron chi connectivity index (χ1n) is 7.98. The Kier molecular flexibility index (Phi) is 5.63. The molecule has 1 fully saturated rings. The lowest BCUT2D eigenvalue weighted by Crippen LogP contribution is -2.38. The van der Waals surface area contributed by atoms with Crippen molar-refractivity contribution in [3.05, 3.63) is 48.0 Å². The van der Waals surface area contributed by atoms with Crippen LogP contribution in [0.2, 0.25) is 0 Å². The van der Waals surface area contributed by atoms with Gasteiger partial charge in [-0.25, -0.2) is 9.78 Å². The monoisotopic (exact) mass is 345 g/mol. The standard InChI is InChI=1S/C17H19N3O5/c21-15(19-11-13-3-2-8-24-13)12-25-17(22)14-4-1-5-18-16(14)20-6-9-23-10-7-20/h1-5,8H,6-7,9-12H2,(H,19,21). The van der Waals surface area contributed by atoms with Crippen LogP contribution >= 0.6 is 0 Å². The zero-order chi connectivity index (χ0) is 17.5. The molecule has 1 saturated heterocycles. The van der Waals surface area contributed by atoms with Gasteiger partial charge >= 0.3 is 5.97 Å². The van der Waals surface area contributed by atoms with Gasteiger partial charge in [0.1, 0.15) is 17.1 Å². The predicted molar refractivity (Wildman–Crippen MR) is 88.1 cm³/mol. The van der Waals surface area contributed by atoms with E-state index in [2.05, 4.69) is 10.3 Å². The smallest absolute Gasteiger partial charge is 0.342 e. The van der Waals surface area contributed by atoms with Crippen LogP contribution in [0.5, 0.6) is 0 Å². The highest BCUT2D eigenvalue weighted by molar-refractivity contribution is 5.96. The molecule has 1 amide bonds. The highest BCUT2D eigenvalue weighted by atomic mass is 16.5. The lowest BCUT2D eigenvalue weighted by molar-refractivity contribution is -0.124. The third-order valence-electron chi connectivity index (χ3n) is 3.69. The van der Waals surface area contributed by atoms with E-state index in [0.717, 1.165) is 0 Å². The van der Waals surface area contributed by atoms with Gasteiger partial charge in [0.25, 0.3) is 5.91 Å².